The second-order valence-electron chi connectivity index (χ2n) is 3.83. The second-order valence-corrected chi connectivity index (χ2v) is 5.41. The van der Waals surface area contributed by atoms with Crippen LogP contribution in [-0.2, 0) is 16.6 Å². The van der Waals surface area contributed by atoms with E-state index in [1.807, 2.05) is 30.3 Å². The van der Waals surface area contributed by atoms with Gasteiger partial charge in [0, 0.05) is 22.3 Å². The smallest absolute Gasteiger partial charge is 0.0485 e. The van der Waals surface area contributed by atoms with Crippen LogP contribution < -0.4 is 0 Å². The molecule has 0 fully saturated rings. The van der Waals surface area contributed by atoms with Crippen LogP contribution in [0.4, 0.5) is 0 Å². The van der Waals surface area contributed by atoms with Gasteiger partial charge in [0.1, 0.15) is 0 Å². The van der Waals surface area contributed by atoms with Gasteiger partial charge in [-0.05, 0) is 12.0 Å². The van der Waals surface area contributed by atoms with Crippen molar-refractivity contribution in [1.29, 1.82) is 0 Å². The monoisotopic (exact) mass is 224 g/mol. The van der Waals surface area contributed by atoms with E-state index in [1.165, 1.54) is 24.8 Å². The molecule has 1 aromatic rings. The maximum Gasteiger partial charge on any atom is 0.0485 e. The van der Waals surface area contributed by atoms with Crippen molar-refractivity contribution in [1.82, 2.24) is 0 Å². The fraction of sp³-hybridized carbons (Fsp3) is 0.538. The van der Waals surface area contributed by atoms with Crippen molar-refractivity contribution < 1.29 is 4.21 Å². The van der Waals surface area contributed by atoms with Crippen molar-refractivity contribution in [2.24, 2.45) is 0 Å². The Morgan fingerprint density at radius 2 is 1.80 bits per heavy atom. The zero-order chi connectivity index (χ0) is 10.9. The maximum absolute atomic E-state index is 11.7. The zero-order valence-electron chi connectivity index (χ0n) is 9.45. The predicted octanol–water partition coefficient (Wildman–Crippen LogP) is 3.52. The molecule has 15 heavy (non-hydrogen) atoms. The Balaban J connectivity index is 2.19. The van der Waals surface area contributed by atoms with E-state index in [-0.39, 0.29) is 0 Å². The van der Waals surface area contributed by atoms with Crippen LogP contribution in [0.25, 0.3) is 0 Å². The van der Waals surface area contributed by atoms with Gasteiger partial charge >= 0.3 is 0 Å². The molecule has 0 aliphatic heterocycles. The topological polar surface area (TPSA) is 17.1 Å². The molecule has 0 spiro atoms. The minimum atomic E-state index is -0.674. The van der Waals surface area contributed by atoms with Crippen LogP contribution in [0.3, 0.4) is 0 Å². The zero-order valence-corrected chi connectivity index (χ0v) is 10.3. The third kappa shape index (κ3) is 5.73. The van der Waals surface area contributed by atoms with E-state index in [0.717, 1.165) is 12.2 Å². The van der Waals surface area contributed by atoms with E-state index in [9.17, 15) is 4.21 Å². The normalized spacial score (nSPS) is 12.6. The van der Waals surface area contributed by atoms with Crippen molar-refractivity contribution in [3.05, 3.63) is 35.9 Å². The van der Waals surface area contributed by atoms with Gasteiger partial charge in [0.25, 0.3) is 0 Å². The molecule has 0 aromatic heterocycles. The summed E-state index contributed by atoms with van der Waals surface area (Å²) in [6.45, 7) is 2.20. The molecule has 2 heteroatoms. The Hall–Kier alpha value is -0.630. The summed E-state index contributed by atoms with van der Waals surface area (Å²) in [5, 5.41) is 0. The number of benzene rings is 1. The molecule has 0 unspecified atom stereocenters. The minimum absolute atomic E-state index is 0.674. The van der Waals surface area contributed by atoms with Crippen LogP contribution in [0.5, 0.6) is 0 Å². The number of hydrogen-bond acceptors (Lipinski definition) is 1. The van der Waals surface area contributed by atoms with Gasteiger partial charge in [-0.15, -0.1) is 0 Å². The molecule has 0 bridgehead atoms. The molecule has 84 valence electrons. The summed E-state index contributed by atoms with van der Waals surface area (Å²) in [5.74, 6) is 1.57. The van der Waals surface area contributed by atoms with Crippen molar-refractivity contribution in [3.63, 3.8) is 0 Å². The average molecular weight is 224 g/mol. The SMILES string of the molecule is CCCCCC[S@](=O)Cc1ccccc1. The molecule has 0 amide bonds. The van der Waals surface area contributed by atoms with Crippen LogP contribution in [0, 0.1) is 0 Å². The third-order valence-electron chi connectivity index (χ3n) is 2.40. The third-order valence-corrected chi connectivity index (χ3v) is 3.80. The molecule has 0 heterocycles. The quantitative estimate of drug-likeness (QED) is 0.648. The lowest BCUT2D eigenvalue weighted by Gasteiger charge is -2.02. The summed E-state index contributed by atoms with van der Waals surface area (Å²) in [7, 11) is -0.674. The predicted molar refractivity (Wildman–Crippen MR) is 67.3 cm³/mol. The Labute approximate surface area is 95.4 Å². The summed E-state index contributed by atoms with van der Waals surface area (Å²) >= 11 is 0. The fourth-order valence-electron chi connectivity index (χ4n) is 1.52. The summed E-state index contributed by atoms with van der Waals surface area (Å²) < 4.78 is 11.7. The van der Waals surface area contributed by atoms with E-state index >= 15 is 0 Å². The Morgan fingerprint density at radius 3 is 2.47 bits per heavy atom. The van der Waals surface area contributed by atoms with Gasteiger partial charge in [-0.2, -0.15) is 0 Å². The van der Waals surface area contributed by atoms with Gasteiger partial charge in [-0.3, -0.25) is 4.21 Å². The molecule has 1 rings (SSSR count). The minimum Gasteiger partial charge on any atom is -0.259 e. The van der Waals surface area contributed by atoms with Gasteiger partial charge < -0.3 is 0 Å². The summed E-state index contributed by atoms with van der Waals surface area (Å²) in [4.78, 5) is 0. The summed E-state index contributed by atoms with van der Waals surface area (Å²) in [6, 6.07) is 10.1. The molecule has 0 radical (unpaired) electrons. The molecule has 0 saturated heterocycles. The first-order valence-corrected chi connectivity index (χ1v) is 7.20. The molecule has 1 aromatic carbocycles. The van der Waals surface area contributed by atoms with Crippen LogP contribution in [0.2, 0.25) is 0 Å². The highest BCUT2D eigenvalue weighted by atomic mass is 32.2. The molecule has 0 aliphatic carbocycles. The van der Waals surface area contributed by atoms with Gasteiger partial charge in [0.15, 0.2) is 0 Å². The van der Waals surface area contributed by atoms with Crippen LogP contribution >= 0.6 is 0 Å². The lowest BCUT2D eigenvalue weighted by Crippen LogP contribution is -2.00. The molecular formula is C13H20OS. The average Bonchev–Trinajstić information content (AvgIpc) is 2.26. The van der Waals surface area contributed by atoms with E-state index < -0.39 is 10.8 Å². The van der Waals surface area contributed by atoms with E-state index in [2.05, 4.69) is 6.92 Å². The van der Waals surface area contributed by atoms with E-state index in [0.29, 0.717) is 5.75 Å². The Bertz CT molecular complexity index is 282. The molecular weight excluding hydrogens is 204 g/mol. The highest BCUT2D eigenvalue weighted by Crippen LogP contribution is 2.06. The van der Waals surface area contributed by atoms with Gasteiger partial charge in [-0.1, -0.05) is 56.5 Å². The second kappa shape index (κ2) is 7.63. The highest BCUT2D eigenvalue weighted by molar-refractivity contribution is 7.84. The molecule has 0 N–H and O–H groups in total. The first-order valence-electron chi connectivity index (χ1n) is 5.72. The molecule has 1 nitrogen and oxygen atoms in total. The van der Waals surface area contributed by atoms with Crippen molar-refractivity contribution in [2.45, 2.75) is 38.4 Å². The van der Waals surface area contributed by atoms with Crippen molar-refractivity contribution in [2.75, 3.05) is 5.75 Å². The molecule has 0 saturated carbocycles. The Kier molecular flexibility index (Phi) is 6.33. The van der Waals surface area contributed by atoms with Crippen molar-refractivity contribution >= 4 is 10.8 Å². The van der Waals surface area contributed by atoms with E-state index in [1.54, 1.807) is 0 Å². The van der Waals surface area contributed by atoms with Gasteiger partial charge in [0.05, 0.1) is 0 Å². The number of hydrogen-bond donors (Lipinski definition) is 0. The summed E-state index contributed by atoms with van der Waals surface area (Å²) in [5.41, 5.74) is 1.19. The number of unbranched alkanes of at least 4 members (excludes halogenated alkanes) is 3. The Morgan fingerprint density at radius 1 is 1.07 bits per heavy atom. The first-order chi connectivity index (χ1) is 7.33. The van der Waals surface area contributed by atoms with Crippen molar-refractivity contribution in [3.8, 4) is 0 Å². The van der Waals surface area contributed by atoms with Crippen LogP contribution in [-0.4, -0.2) is 9.96 Å². The lowest BCUT2D eigenvalue weighted by atomic mass is 10.2. The molecule has 1 atom stereocenters. The van der Waals surface area contributed by atoms with Gasteiger partial charge in [0.2, 0.25) is 0 Å². The van der Waals surface area contributed by atoms with Gasteiger partial charge in [-0.25, -0.2) is 0 Å². The fourth-order valence-corrected chi connectivity index (χ4v) is 2.76. The molecule has 0 aliphatic rings. The largest absolute Gasteiger partial charge is 0.259 e. The number of rotatable bonds is 7. The summed E-state index contributed by atoms with van der Waals surface area (Å²) in [6.07, 6.45) is 4.83. The van der Waals surface area contributed by atoms with Crippen LogP contribution in [0.15, 0.2) is 30.3 Å². The highest BCUT2D eigenvalue weighted by Gasteiger charge is 2.00. The lowest BCUT2D eigenvalue weighted by molar-refractivity contribution is 0.667. The standard InChI is InChI=1S/C13H20OS/c1-2-3-4-8-11-15(14)12-13-9-6-5-7-10-13/h5-7,9-10H,2-4,8,11-12H2,1H3/t15-/m0/s1. The van der Waals surface area contributed by atoms with Crippen LogP contribution in [0.1, 0.15) is 38.2 Å². The first kappa shape index (κ1) is 12.4. The van der Waals surface area contributed by atoms with E-state index in [4.69, 9.17) is 0 Å². The maximum atomic E-state index is 11.7.